The Morgan fingerprint density at radius 2 is 1.84 bits per heavy atom. The van der Waals surface area contributed by atoms with Gasteiger partial charge in [-0.25, -0.2) is 4.98 Å². The van der Waals surface area contributed by atoms with E-state index in [4.69, 9.17) is 5.73 Å². The first-order chi connectivity index (χ1) is 9.06. The second kappa shape index (κ2) is 5.13. The predicted molar refractivity (Wildman–Crippen MR) is 67.5 cm³/mol. The minimum atomic E-state index is -0.696. The molecule has 0 fully saturated rings. The fraction of sp³-hybridized carbons (Fsp3) is 0. The van der Waals surface area contributed by atoms with Gasteiger partial charge < -0.3 is 10.7 Å². The van der Waals surface area contributed by atoms with Crippen molar-refractivity contribution in [2.75, 3.05) is 5.73 Å². The van der Waals surface area contributed by atoms with Crippen LogP contribution in [0, 0.1) is 0 Å². The standard InChI is InChI=1S/C12H10N4O3/c13-8-3-1-7(2-4-8)11(18)16-12(19)9-5-15-10(17)6-14-9/h1-6H,13H2,(H,15,17)(H,16,18,19). The highest BCUT2D eigenvalue weighted by Crippen LogP contribution is 2.05. The molecule has 0 aliphatic heterocycles. The Hall–Kier alpha value is -2.96. The van der Waals surface area contributed by atoms with E-state index in [1.807, 2.05) is 0 Å². The Kier molecular flexibility index (Phi) is 3.37. The molecule has 2 aromatic rings. The van der Waals surface area contributed by atoms with E-state index in [0.29, 0.717) is 11.3 Å². The minimum absolute atomic E-state index is 0.0524. The third-order valence-corrected chi connectivity index (χ3v) is 2.30. The molecule has 0 spiro atoms. The predicted octanol–water partition coefficient (Wildman–Crippen LogP) is -0.0777. The zero-order valence-electron chi connectivity index (χ0n) is 9.71. The van der Waals surface area contributed by atoms with Gasteiger partial charge in [0.25, 0.3) is 17.4 Å². The second-order valence-corrected chi connectivity index (χ2v) is 3.70. The van der Waals surface area contributed by atoms with Gasteiger partial charge in [-0.1, -0.05) is 0 Å². The normalized spacial score (nSPS) is 9.89. The summed E-state index contributed by atoms with van der Waals surface area (Å²) in [7, 11) is 0. The van der Waals surface area contributed by atoms with Crippen LogP contribution < -0.4 is 16.6 Å². The first kappa shape index (κ1) is 12.5. The number of hydrogen-bond acceptors (Lipinski definition) is 5. The topological polar surface area (TPSA) is 118 Å². The number of aromatic nitrogens is 2. The molecular weight excluding hydrogens is 248 g/mol. The van der Waals surface area contributed by atoms with E-state index in [0.717, 1.165) is 12.4 Å². The second-order valence-electron chi connectivity index (χ2n) is 3.70. The molecule has 1 heterocycles. The largest absolute Gasteiger partial charge is 0.399 e. The molecule has 7 nitrogen and oxygen atoms in total. The van der Waals surface area contributed by atoms with Crippen molar-refractivity contribution >= 4 is 17.5 Å². The zero-order valence-corrected chi connectivity index (χ0v) is 9.71. The van der Waals surface area contributed by atoms with Crippen LogP contribution in [-0.2, 0) is 0 Å². The summed E-state index contributed by atoms with van der Waals surface area (Å²) < 4.78 is 0. The number of carbonyl (C=O) groups excluding carboxylic acids is 2. The van der Waals surface area contributed by atoms with Gasteiger partial charge in [0.15, 0.2) is 0 Å². The molecule has 2 amide bonds. The van der Waals surface area contributed by atoms with Crippen LogP contribution in [0.4, 0.5) is 5.69 Å². The van der Waals surface area contributed by atoms with Gasteiger partial charge in [0.05, 0.1) is 6.20 Å². The number of imide groups is 1. The molecule has 1 aromatic heterocycles. The van der Waals surface area contributed by atoms with Crippen LogP contribution in [0.15, 0.2) is 41.5 Å². The molecule has 0 atom stereocenters. The van der Waals surface area contributed by atoms with Gasteiger partial charge in [-0.2, -0.15) is 0 Å². The van der Waals surface area contributed by atoms with E-state index in [9.17, 15) is 14.4 Å². The van der Waals surface area contributed by atoms with Crippen LogP contribution in [0.2, 0.25) is 0 Å². The Morgan fingerprint density at radius 1 is 1.16 bits per heavy atom. The van der Waals surface area contributed by atoms with Crippen LogP contribution in [0.1, 0.15) is 20.8 Å². The van der Waals surface area contributed by atoms with E-state index >= 15 is 0 Å². The van der Waals surface area contributed by atoms with Crippen molar-refractivity contribution in [2.45, 2.75) is 0 Å². The highest BCUT2D eigenvalue weighted by Gasteiger charge is 2.13. The van der Waals surface area contributed by atoms with Crippen molar-refractivity contribution in [3.63, 3.8) is 0 Å². The van der Waals surface area contributed by atoms with Crippen LogP contribution >= 0.6 is 0 Å². The van der Waals surface area contributed by atoms with Gasteiger partial charge in [0, 0.05) is 17.4 Å². The number of carbonyl (C=O) groups is 2. The first-order valence-electron chi connectivity index (χ1n) is 5.32. The summed E-state index contributed by atoms with van der Waals surface area (Å²) in [4.78, 5) is 40.1. The van der Waals surface area contributed by atoms with E-state index in [2.05, 4.69) is 15.3 Å². The number of nitrogens with zero attached hydrogens (tertiary/aromatic N) is 1. The summed E-state index contributed by atoms with van der Waals surface area (Å²) in [6.07, 6.45) is 2.09. The average Bonchev–Trinajstić information content (AvgIpc) is 2.40. The number of amides is 2. The molecule has 0 aliphatic carbocycles. The first-order valence-corrected chi connectivity index (χ1v) is 5.32. The maximum atomic E-state index is 11.7. The van der Waals surface area contributed by atoms with Crippen molar-refractivity contribution in [3.8, 4) is 0 Å². The number of rotatable bonds is 2. The molecule has 7 heteroatoms. The smallest absolute Gasteiger partial charge is 0.278 e. The molecule has 0 aliphatic rings. The monoisotopic (exact) mass is 258 g/mol. The molecule has 4 N–H and O–H groups in total. The van der Waals surface area contributed by atoms with Crippen LogP contribution in [-0.4, -0.2) is 21.8 Å². The van der Waals surface area contributed by atoms with E-state index < -0.39 is 17.4 Å². The summed E-state index contributed by atoms with van der Waals surface area (Å²) in [6, 6.07) is 6.10. The van der Waals surface area contributed by atoms with E-state index in [-0.39, 0.29) is 5.69 Å². The van der Waals surface area contributed by atoms with Gasteiger partial charge in [0.2, 0.25) is 0 Å². The Bertz CT molecular complexity index is 656. The molecule has 19 heavy (non-hydrogen) atoms. The molecule has 1 aromatic carbocycles. The molecule has 0 saturated heterocycles. The van der Waals surface area contributed by atoms with E-state index in [1.165, 1.54) is 12.1 Å². The summed E-state index contributed by atoms with van der Waals surface area (Å²) in [6.45, 7) is 0. The fourth-order valence-electron chi connectivity index (χ4n) is 1.34. The number of benzene rings is 1. The van der Waals surface area contributed by atoms with Gasteiger partial charge in [-0.05, 0) is 24.3 Å². The van der Waals surface area contributed by atoms with Gasteiger partial charge in [-0.15, -0.1) is 0 Å². The van der Waals surface area contributed by atoms with Gasteiger partial charge in [0.1, 0.15) is 5.69 Å². The van der Waals surface area contributed by atoms with E-state index in [1.54, 1.807) is 12.1 Å². The number of H-pyrrole nitrogens is 1. The summed E-state index contributed by atoms with van der Waals surface area (Å²) in [5, 5.41) is 2.15. The highest BCUT2D eigenvalue weighted by molar-refractivity contribution is 6.09. The third-order valence-electron chi connectivity index (χ3n) is 2.30. The highest BCUT2D eigenvalue weighted by atomic mass is 16.2. The molecule has 0 bridgehead atoms. The fourth-order valence-corrected chi connectivity index (χ4v) is 1.34. The van der Waals surface area contributed by atoms with Crippen molar-refractivity contribution in [2.24, 2.45) is 0 Å². The SMILES string of the molecule is Nc1ccc(C(=O)NC(=O)c2c[nH]c(=O)cn2)cc1. The molecule has 2 rings (SSSR count). The van der Waals surface area contributed by atoms with Crippen LogP contribution in [0.25, 0.3) is 0 Å². The van der Waals surface area contributed by atoms with Crippen LogP contribution in [0.3, 0.4) is 0 Å². The molecule has 0 radical (unpaired) electrons. The lowest BCUT2D eigenvalue weighted by Crippen LogP contribution is -2.31. The number of aromatic amines is 1. The molecular formula is C12H10N4O3. The van der Waals surface area contributed by atoms with Crippen molar-refractivity contribution in [1.29, 1.82) is 0 Å². The minimum Gasteiger partial charge on any atom is -0.399 e. The maximum Gasteiger partial charge on any atom is 0.278 e. The lowest BCUT2D eigenvalue weighted by molar-refractivity contribution is 0.0846. The maximum absolute atomic E-state index is 11.7. The summed E-state index contributed by atoms with van der Waals surface area (Å²) in [5.74, 6) is -1.27. The summed E-state index contributed by atoms with van der Waals surface area (Å²) in [5.41, 5.74) is 5.83. The number of nitrogens with one attached hydrogen (secondary N) is 2. The van der Waals surface area contributed by atoms with Gasteiger partial charge >= 0.3 is 0 Å². The molecule has 96 valence electrons. The molecule has 0 saturated carbocycles. The van der Waals surface area contributed by atoms with Gasteiger partial charge in [-0.3, -0.25) is 19.7 Å². The quantitative estimate of drug-likeness (QED) is 0.514. The zero-order chi connectivity index (χ0) is 13.8. The summed E-state index contributed by atoms with van der Waals surface area (Å²) >= 11 is 0. The number of anilines is 1. The lowest BCUT2D eigenvalue weighted by Gasteiger charge is -2.03. The van der Waals surface area contributed by atoms with Crippen LogP contribution in [0.5, 0.6) is 0 Å². The Balaban J connectivity index is 2.10. The average molecular weight is 258 g/mol. The van der Waals surface area contributed by atoms with Crippen molar-refractivity contribution in [3.05, 3.63) is 58.3 Å². The third kappa shape index (κ3) is 3.03. The number of nitrogens with two attached hydrogens (primary N) is 1. The Labute approximate surface area is 107 Å². The van der Waals surface area contributed by atoms with Crippen molar-refractivity contribution < 1.29 is 9.59 Å². The Morgan fingerprint density at radius 3 is 2.42 bits per heavy atom. The number of hydrogen-bond donors (Lipinski definition) is 3. The molecule has 0 unspecified atom stereocenters. The number of nitrogen functional groups attached to an aromatic ring is 1. The van der Waals surface area contributed by atoms with Crippen molar-refractivity contribution in [1.82, 2.24) is 15.3 Å². The lowest BCUT2D eigenvalue weighted by atomic mass is 10.2.